The molecule has 2 N–H and O–H groups in total. The summed E-state index contributed by atoms with van der Waals surface area (Å²) in [4.78, 5) is 0.00576. The Kier molecular flexibility index (Phi) is 5.51. The van der Waals surface area contributed by atoms with Crippen molar-refractivity contribution in [2.75, 3.05) is 19.7 Å². The molecule has 1 aliphatic heterocycles. The highest BCUT2D eigenvalue weighted by molar-refractivity contribution is 7.89. The van der Waals surface area contributed by atoms with Crippen LogP contribution in [0, 0.1) is 0 Å². The molecule has 0 saturated carbocycles. The van der Waals surface area contributed by atoms with Gasteiger partial charge in [0, 0.05) is 31.3 Å². The molecule has 0 bridgehead atoms. The first-order valence-corrected chi connectivity index (χ1v) is 8.85. The summed E-state index contributed by atoms with van der Waals surface area (Å²) >= 11 is 12.2. The normalized spacial score (nSPS) is 21.2. The third kappa shape index (κ3) is 3.70. The van der Waals surface area contributed by atoms with Crippen molar-refractivity contribution in [1.82, 2.24) is 4.31 Å². The van der Waals surface area contributed by atoms with Gasteiger partial charge in [-0.3, -0.25) is 0 Å². The zero-order valence-corrected chi connectivity index (χ0v) is 14.0. The van der Waals surface area contributed by atoms with Gasteiger partial charge in [-0.1, -0.05) is 23.2 Å². The maximum Gasteiger partial charge on any atom is 0.244 e. The summed E-state index contributed by atoms with van der Waals surface area (Å²) in [6.45, 7) is 3.21. The Morgan fingerprint density at radius 2 is 2.14 bits per heavy atom. The van der Waals surface area contributed by atoms with Gasteiger partial charge in [-0.05, 0) is 31.0 Å². The van der Waals surface area contributed by atoms with E-state index in [0.717, 1.165) is 0 Å². The summed E-state index contributed by atoms with van der Waals surface area (Å²) < 4.78 is 32.5. The topological polar surface area (TPSA) is 72.6 Å². The van der Waals surface area contributed by atoms with E-state index >= 15 is 0 Å². The smallest absolute Gasteiger partial charge is 0.244 e. The first-order chi connectivity index (χ1) is 9.86. The van der Waals surface area contributed by atoms with E-state index < -0.39 is 10.0 Å². The summed E-state index contributed by atoms with van der Waals surface area (Å²) in [7, 11) is -3.72. The third-order valence-electron chi connectivity index (χ3n) is 3.33. The van der Waals surface area contributed by atoms with Crippen LogP contribution in [0.3, 0.4) is 0 Å². The van der Waals surface area contributed by atoms with Crippen molar-refractivity contribution in [3.8, 4) is 0 Å². The summed E-state index contributed by atoms with van der Waals surface area (Å²) in [6.07, 6.45) is 0.486. The molecule has 0 radical (unpaired) electrons. The Morgan fingerprint density at radius 1 is 1.43 bits per heavy atom. The van der Waals surface area contributed by atoms with Crippen molar-refractivity contribution in [2.24, 2.45) is 5.73 Å². The number of ether oxygens (including phenoxy) is 1. The second kappa shape index (κ2) is 6.81. The van der Waals surface area contributed by atoms with Crippen molar-refractivity contribution in [1.29, 1.82) is 0 Å². The average molecular weight is 353 g/mol. The van der Waals surface area contributed by atoms with E-state index in [0.29, 0.717) is 36.7 Å². The zero-order valence-electron chi connectivity index (χ0n) is 11.7. The van der Waals surface area contributed by atoms with Gasteiger partial charge in [-0.15, -0.1) is 0 Å². The summed E-state index contributed by atoms with van der Waals surface area (Å²) in [5.41, 5.74) is 6.10. The fourth-order valence-electron chi connectivity index (χ4n) is 2.27. The fraction of sp³-hybridized carbons (Fsp3) is 0.538. The Hall–Kier alpha value is -0.370. The number of hydrogen-bond donors (Lipinski definition) is 1. The van der Waals surface area contributed by atoms with Gasteiger partial charge in [0.05, 0.1) is 11.1 Å². The number of hydrogen-bond acceptors (Lipinski definition) is 4. The van der Waals surface area contributed by atoms with E-state index in [1.165, 1.54) is 10.4 Å². The summed E-state index contributed by atoms with van der Waals surface area (Å²) in [5, 5.41) is 0.442. The SMILES string of the molecule is CC1CN(S(=O)(=O)c2cc(Cl)cc(CN)c2Cl)CCCO1. The molecule has 1 atom stereocenters. The molecule has 2 rings (SSSR count). The van der Waals surface area contributed by atoms with Crippen LogP contribution in [-0.4, -0.2) is 38.5 Å². The van der Waals surface area contributed by atoms with Gasteiger partial charge in [0.25, 0.3) is 0 Å². The highest BCUT2D eigenvalue weighted by Gasteiger charge is 2.30. The molecule has 1 saturated heterocycles. The minimum absolute atomic E-state index is 0.00576. The van der Waals surface area contributed by atoms with Crippen LogP contribution < -0.4 is 5.73 Å². The molecule has 8 heteroatoms. The van der Waals surface area contributed by atoms with Crippen LogP contribution in [0.1, 0.15) is 18.9 Å². The lowest BCUT2D eigenvalue weighted by molar-refractivity contribution is 0.0752. The maximum absolute atomic E-state index is 12.8. The molecule has 1 aromatic rings. The molecule has 1 fully saturated rings. The lowest BCUT2D eigenvalue weighted by Gasteiger charge is -2.23. The molecule has 118 valence electrons. The molecule has 1 heterocycles. The number of nitrogens with zero attached hydrogens (tertiary/aromatic N) is 1. The number of nitrogens with two attached hydrogens (primary N) is 1. The molecule has 21 heavy (non-hydrogen) atoms. The minimum Gasteiger partial charge on any atom is -0.377 e. The first-order valence-electron chi connectivity index (χ1n) is 6.66. The van der Waals surface area contributed by atoms with E-state index in [1.54, 1.807) is 6.07 Å². The van der Waals surface area contributed by atoms with E-state index in [9.17, 15) is 8.42 Å². The number of benzene rings is 1. The third-order valence-corrected chi connectivity index (χ3v) is 6.00. The molecule has 1 aliphatic rings. The van der Waals surface area contributed by atoms with Crippen molar-refractivity contribution in [2.45, 2.75) is 30.9 Å². The number of sulfonamides is 1. The predicted molar refractivity (Wildman–Crippen MR) is 83.1 cm³/mol. The Morgan fingerprint density at radius 3 is 2.81 bits per heavy atom. The van der Waals surface area contributed by atoms with Crippen LogP contribution in [-0.2, 0) is 21.3 Å². The van der Waals surface area contributed by atoms with Crippen LogP contribution in [0.2, 0.25) is 10.0 Å². The highest BCUT2D eigenvalue weighted by Crippen LogP contribution is 2.31. The summed E-state index contributed by atoms with van der Waals surface area (Å²) in [5.74, 6) is 0. The van der Waals surface area contributed by atoms with Crippen molar-refractivity contribution < 1.29 is 13.2 Å². The van der Waals surface area contributed by atoms with Gasteiger partial charge in [-0.2, -0.15) is 4.31 Å². The van der Waals surface area contributed by atoms with Crippen molar-refractivity contribution in [3.63, 3.8) is 0 Å². The molecule has 0 aromatic heterocycles. The molecule has 0 amide bonds. The fourth-order valence-corrected chi connectivity index (χ4v) is 4.74. The minimum atomic E-state index is -3.72. The van der Waals surface area contributed by atoms with Crippen LogP contribution in [0.4, 0.5) is 0 Å². The first kappa shape index (κ1) is 17.0. The average Bonchev–Trinajstić information content (AvgIpc) is 2.66. The summed E-state index contributed by atoms with van der Waals surface area (Å²) in [6, 6.07) is 2.95. The Balaban J connectivity index is 2.46. The predicted octanol–water partition coefficient (Wildman–Crippen LogP) is 2.25. The van der Waals surface area contributed by atoms with E-state index in [1.807, 2.05) is 6.92 Å². The van der Waals surface area contributed by atoms with Crippen LogP contribution in [0.15, 0.2) is 17.0 Å². The molecule has 5 nitrogen and oxygen atoms in total. The lowest BCUT2D eigenvalue weighted by Crippen LogP contribution is -2.36. The molecular weight excluding hydrogens is 335 g/mol. The zero-order chi connectivity index (χ0) is 15.6. The quantitative estimate of drug-likeness (QED) is 0.905. The van der Waals surface area contributed by atoms with Crippen molar-refractivity contribution in [3.05, 3.63) is 27.7 Å². The molecular formula is C13H18Cl2N2O3S. The monoisotopic (exact) mass is 352 g/mol. The van der Waals surface area contributed by atoms with E-state index in [4.69, 9.17) is 33.7 Å². The highest BCUT2D eigenvalue weighted by atomic mass is 35.5. The Labute approximate surface area is 135 Å². The van der Waals surface area contributed by atoms with E-state index in [-0.39, 0.29) is 22.6 Å². The second-order valence-electron chi connectivity index (χ2n) is 4.98. The van der Waals surface area contributed by atoms with E-state index in [2.05, 4.69) is 0 Å². The molecule has 0 spiro atoms. The van der Waals surface area contributed by atoms with Gasteiger partial charge in [0.15, 0.2) is 0 Å². The number of halogens is 2. The van der Waals surface area contributed by atoms with Crippen LogP contribution >= 0.6 is 23.2 Å². The van der Waals surface area contributed by atoms with Crippen molar-refractivity contribution >= 4 is 33.2 Å². The largest absolute Gasteiger partial charge is 0.377 e. The second-order valence-corrected chi connectivity index (χ2v) is 7.70. The van der Waals surface area contributed by atoms with Gasteiger partial charge in [0.2, 0.25) is 10.0 Å². The Bertz CT molecular complexity index is 622. The van der Waals surface area contributed by atoms with Gasteiger partial charge >= 0.3 is 0 Å². The van der Waals surface area contributed by atoms with Gasteiger partial charge in [0.1, 0.15) is 4.90 Å². The molecule has 0 aliphatic carbocycles. The van der Waals surface area contributed by atoms with Gasteiger partial charge in [-0.25, -0.2) is 8.42 Å². The lowest BCUT2D eigenvalue weighted by atomic mass is 10.2. The van der Waals surface area contributed by atoms with Crippen LogP contribution in [0.25, 0.3) is 0 Å². The molecule has 1 unspecified atom stereocenters. The standard InChI is InChI=1S/C13H18Cl2N2O3S/c1-9-8-17(3-2-4-20-9)21(18,19)12-6-11(14)5-10(7-16)13(12)15/h5-6,9H,2-4,7-8,16H2,1H3. The van der Waals surface area contributed by atoms with Crippen LogP contribution in [0.5, 0.6) is 0 Å². The van der Waals surface area contributed by atoms with Gasteiger partial charge < -0.3 is 10.5 Å². The molecule has 1 aromatic carbocycles. The number of rotatable bonds is 3. The maximum atomic E-state index is 12.8.